The molecule has 1 amide bonds. The fourth-order valence-corrected chi connectivity index (χ4v) is 3.84. The minimum atomic E-state index is -3.41. The van der Waals surface area contributed by atoms with Crippen LogP contribution in [0.15, 0.2) is 18.2 Å². The first kappa shape index (κ1) is 18.9. The van der Waals surface area contributed by atoms with Gasteiger partial charge in [-0.2, -0.15) is 17.0 Å². The summed E-state index contributed by atoms with van der Waals surface area (Å²) < 4.78 is 26.9. The van der Waals surface area contributed by atoms with Gasteiger partial charge in [0.15, 0.2) is 0 Å². The van der Waals surface area contributed by atoms with E-state index in [9.17, 15) is 13.2 Å². The molecular formula is C17H27N3O3S. The highest BCUT2D eigenvalue weighted by Crippen LogP contribution is 2.21. The van der Waals surface area contributed by atoms with Crippen molar-refractivity contribution in [3.63, 3.8) is 0 Å². The Balaban J connectivity index is 2.13. The number of amides is 1. The molecule has 0 aliphatic carbocycles. The van der Waals surface area contributed by atoms with Gasteiger partial charge in [-0.1, -0.05) is 26.0 Å². The number of aryl methyl sites for hydroxylation is 1. The maximum Gasteiger partial charge on any atom is 0.281 e. The number of hydrogen-bond acceptors (Lipinski definition) is 3. The Labute approximate surface area is 145 Å². The van der Waals surface area contributed by atoms with Crippen LogP contribution in [0.25, 0.3) is 0 Å². The number of nitrogens with zero attached hydrogens (tertiary/aromatic N) is 3. The van der Waals surface area contributed by atoms with E-state index in [2.05, 4.69) is 19.9 Å². The third-order valence-electron chi connectivity index (χ3n) is 4.47. The Bertz CT molecular complexity index is 706. The van der Waals surface area contributed by atoms with Gasteiger partial charge in [-0.15, -0.1) is 0 Å². The van der Waals surface area contributed by atoms with Gasteiger partial charge in [0.05, 0.1) is 0 Å². The Kier molecular flexibility index (Phi) is 5.67. The quantitative estimate of drug-likeness (QED) is 0.827. The lowest BCUT2D eigenvalue weighted by molar-refractivity contribution is 0.0694. The van der Waals surface area contributed by atoms with Gasteiger partial charge >= 0.3 is 0 Å². The van der Waals surface area contributed by atoms with Crippen LogP contribution < -0.4 is 0 Å². The minimum Gasteiger partial charge on any atom is -0.336 e. The predicted molar refractivity (Wildman–Crippen MR) is 95.4 cm³/mol. The third-order valence-corrected chi connectivity index (χ3v) is 6.41. The summed E-state index contributed by atoms with van der Waals surface area (Å²) in [5, 5.41) is 0. The van der Waals surface area contributed by atoms with Gasteiger partial charge in [-0.05, 0) is 30.0 Å². The fourth-order valence-electron chi connectivity index (χ4n) is 2.75. The van der Waals surface area contributed by atoms with Gasteiger partial charge in [0.25, 0.3) is 16.1 Å². The molecule has 0 N–H and O–H groups in total. The molecule has 24 heavy (non-hydrogen) atoms. The molecule has 0 unspecified atom stereocenters. The van der Waals surface area contributed by atoms with Crippen molar-refractivity contribution in [2.75, 3.05) is 40.3 Å². The SMILES string of the molecule is Cc1ccc(C(C)C)cc1C(=O)N1CCN(S(=O)(=O)N(C)C)CC1. The van der Waals surface area contributed by atoms with E-state index < -0.39 is 10.2 Å². The van der Waals surface area contributed by atoms with Gasteiger partial charge in [0.2, 0.25) is 0 Å². The lowest BCUT2D eigenvalue weighted by Crippen LogP contribution is -2.53. The van der Waals surface area contributed by atoms with Gasteiger partial charge in [-0.25, -0.2) is 0 Å². The number of benzene rings is 1. The summed E-state index contributed by atoms with van der Waals surface area (Å²) in [4.78, 5) is 14.6. The summed E-state index contributed by atoms with van der Waals surface area (Å²) in [7, 11) is -0.368. The maximum atomic E-state index is 12.8. The van der Waals surface area contributed by atoms with Crippen LogP contribution in [0.5, 0.6) is 0 Å². The molecule has 0 bridgehead atoms. The second-order valence-electron chi connectivity index (χ2n) is 6.71. The molecule has 6 nitrogen and oxygen atoms in total. The van der Waals surface area contributed by atoms with Gasteiger partial charge < -0.3 is 4.90 Å². The van der Waals surface area contributed by atoms with Crippen molar-refractivity contribution in [3.05, 3.63) is 34.9 Å². The Hall–Kier alpha value is -1.44. The van der Waals surface area contributed by atoms with E-state index in [1.807, 2.05) is 19.1 Å². The van der Waals surface area contributed by atoms with Crippen LogP contribution in [-0.4, -0.2) is 68.1 Å². The van der Waals surface area contributed by atoms with Crippen molar-refractivity contribution in [1.29, 1.82) is 0 Å². The van der Waals surface area contributed by atoms with Crippen LogP contribution in [-0.2, 0) is 10.2 Å². The fraction of sp³-hybridized carbons (Fsp3) is 0.588. The normalized spacial score (nSPS) is 16.9. The van der Waals surface area contributed by atoms with Crippen molar-refractivity contribution < 1.29 is 13.2 Å². The van der Waals surface area contributed by atoms with Crippen molar-refractivity contribution in [2.24, 2.45) is 0 Å². The Morgan fingerprint density at radius 2 is 1.71 bits per heavy atom. The van der Waals surface area contributed by atoms with Crippen LogP contribution in [0, 0.1) is 6.92 Å². The highest BCUT2D eigenvalue weighted by atomic mass is 32.2. The molecule has 0 saturated carbocycles. The van der Waals surface area contributed by atoms with E-state index in [4.69, 9.17) is 0 Å². The lowest BCUT2D eigenvalue weighted by atomic mass is 9.97. The minimum absolute atomic E-state index is 0.0168. The smallest absolute Gasteiger partial charge is 0.281 e. The van der Waals surface area contributed by atoms with E-state index in [-0.39, 0.29) is 5.91 Å². The molecule has 7 heteroatoms. The molecule has 1 aromatic carbocycles. The number of carbonyl (C=O) groups is 1. The van der Waals surface area contributed by atoms with Gasteiger partial charge in [0.1, 0.15) is 0 Å². The number of rotatable bonds is 4. The standard InChI is InChI=1S/C17H27N3O3S/c1-13(2)15-7-6-14(3)16(12-15)17(21)19-8-10-20(11-9-19)24(22,23)18(4)5/h6-7,12-13H,8-11H2,1-5H3. The second-order valence-corrected chi connectivity index (χ2v) is 8.85. The number of carbonyl (C=O) groups excluding carboxylic acids is 1. The number of piperazine rings is 1. The summed E-state index contributed by atoms with van der Waals surface area (Å²) >= 11 is 0. The molecular weight excluding hydrogens is 326 g/mol. The van der Waals surface area contributed by atoms with Crippen molar-refractivity contribution in [1.82, 2.24) is 13.5 Å². The molecule has 2 rings (SSSR count). The molecule has 1 aliphatic rings. The highest BCUT2D eigenvalue weighted by Gasteiger charge is 2.30. The van der Waals surface area contributed by atoms with Crippen molar-refractivity contribution in [2.45, 2.75) is 26.7 Å². The zero-order valence-electron chi connectivity index (χ0n) is 15.1. The van der Waals surface area contributed by atoms with E-state index in [0.717, 1.165) is 11.1 Å². The molecule has 1 aromatic rings. The summed E-state index contributed by atoms with van der Waals surface area (Å²) in [5.41, 5.74) is 2.80. The summed E-state index contributed by atoms with van der Waals surface area (Å²) in [6.07, 6.45) is 0. The first-order valence-corrected chi connectivity index (χ1v) is 9.61. The molecule has 134 valence electrons. The first-order valence-electron chi connectivity index (χ1n) is 8.22. The predicted octanol–water partition coefficient (Wildman–Crippen LogP) is 1.68. The van der Waals surface area contributed by atoms with E-state index in [0.29, 0.717) is 37.7 Å². The average Bonchev–Trinajstić information content (AvgIpc) is 2.54. The highest BCUT2D eigenvalue weighted by molar-refractivity contribution is 7.86. The molecule has 1 aliphatic heterocycles. The molecule has 1 saturated heterocycles. The second kappa shape index (κ2) is 7.21. The van der Waals surface area contributed by atoms with Crippen molar-refractivity contribution in [3.8, 4) is 0 Å². The summed E-state index contributed by atoms with van der Waals surface area (Å²) in [6.45, 7) is 7.62. The van der Waals surface area contributed by atoms with Crippen LogP contribution in [0.1, 0.15) is 41.3 Å². The largest absolute Gasteiger partial charge is 0.336 e. The van der Waals surface area contributed by atoms with Crippen LogP contribution in [0.2, 0.25) is 0 Å². The van der Waals surface area contributed by atoms with Crippen molar-refractivity contribution >= 4 is 16.1 Å². The zero-order chi connectivity index (χ0) is 18.1. The Morgan fingerprint density at radius 1 is 1.12 bits per heavy atom. The first-order chi connectivity index (χ1) is 11.1. The molecule has 1 heterocycles. The molecule has 1 fully saturated rings. The van der Waals surface area contributed by atoms with E-state index in [1.54, 1.807) is 4.90 Å². The van der Waals surface area contributed by atoms with E-state index >= 15 is 0 Å². The molecule has 0 spiro atoms. The summed E-state index contributed by atoms with van der Waals surface area (Å²) in [6, 6.07) is 6.00. The maximum absolute atomic E-state index is 12.8. The van der Waals surface area contributed by atoms with Crippen LogP contribution in [0.3, 0.4) is 0 Å². The topological polar surface area (TPSA) is 60.9 Å². The van der Waals surface area contributed by atoms with E-state index in [1.165, 1.54) is 22.7 Å². The average molecular weight is 353 g/mol. The van der Waals surface area contributed by atoms with Gasteiger partial charge in [0, 0.05) is 45.8 Å². The summed E-state index contributed by atoms with van der Waals surface area (Å²) in [5.74, 6) is 0.344. The number of hydrogen-bond donors (Lipinski definition) is 0. The molecule has 0 radical (unpaired) electrons. The molecule has 0 atom stereocenters. The Morgan fingerprint density at radius 3 is 2.21 bits per heavy atom. The third kappa shape index (κ3) is 3.79. The lowest BCUT2D eigenvalue weighted by Gasteiger charge is -2.35. The van der Waals surface area contributed by atoms with Crippen LogP contribution >= 0.6 is 0 Å². The zero-order valence-corrected chi connectivity index (χ0v) is 15.9. The van der Waals surface area contributed by atoms with Crippen LogP contribution in [0.4, 0.5) is 0 Å². The monoisotopic (exact) mass is 353 g/mol. The molecule has 0 aromatic heterocycles. The van der Waals surface area contributed by atoms with Gasteiger partial charge in [-0.3, -0.25) is 4.79 Å².